The molecular formula is C14H12BrClN2O3. The molecule has 0 fully saturated rings. The monoisotopic (exact) mass is 370 g/mol. The van der Waals surface area contributed by atoms with E-state index in [2.05, 4.69) is 26.5 Å². The lowest BCUT2D eigenvalue weighted by Gasteiger charge is -2.07. The number of amides is 1. The predicted octanol–water partition coefficient (Wildman–Crippen LogP) is 3.53. The number of ether oxygens (including phenoxy) is 1. The molecule has 0 bridgehead atoms. The van der Waals surface area contributed by atoms with Gasteiger partial charge in [-0.1, -0.05) is 11.6 Å². The van der Waals surface area contributed by atoms with Crippen molar-refractivity contribution in [3.8, 4) is 5.75 Å². The molecule has 0 radical (unpaired) electrons. The Labute approximate surface area is 135 Å². The van der Waals surface area contributed by atoms with Crippen molar-refractivity contribution in [2.24, 2.45) is 5.10 Å². The van der Waals surface area contributed by atoms with E-state index in [1.54, 1.807) is 24.5 Å². The van der Waals surface area contributed by atoms with Gasteiger partial charge in [-0.3, -0.25) is 4.79 Å². The van der Waals surface area contributed by atoms with Crippen LogP contribution in [-0.4, -0.2) is 18.7 Å². The molecule has 110 valence electrons. The van der Waals surface area contributed by atoms with Crippen molar-refractivity contribution in [3.05, 3.63) is 51.3 Å². The molecule has 7 heteroatoms. The number of halogens is 2. The Balaban J connectivity index is 1.82. The molecule has 21 heavy (non-hydrogen) atoms. The minimum absolute atomic E-state index is 0.158. The molecule has 0 atom stereocenters. The van der Waals surface area contributed by atoms with Crippen LogP contribution >= 0.6 is 27.5 Å². The summed E-state index contributed by atoms with van der Waals surface area (Å²) in [6, 6.07) is 6.85. The molecule has 1 amide bonds. The van der Waals surface area contributed by atoms with E-state index in [0.29, 0.717) is 21.0 Å². The Morgan fingerprint density at radius 3 is 3.00 bits per heavy atom. The molecule has 0 saturated heterocycles. The highest BCUT2D eigenvalue weighted by molar-refractivity contribution is 9.10. The second-order valence-electron chi connectivity index (χ2n) is 4.12. The van der Waals surface area contributed by atoms with E-state index in [0.717, 1.165) is 5.56 Å². The van der Waals surface area contributed by atoms with Crippen LogP contribution in [0.4, 0.5) is 0 Å². The molecule has 2 rings (SSSR count). The Hall–Kier alpha value is -1.79. The normalized spacial score (nSPS) is 10.8. The third kappa shape index (κ3) is 4.61. The van der Waals surface area contributed by atoms with Crippen molar-refractivity contribution in [1.29, 1.82) is 0 Å². The molecule has 0 aliphatic carbocycles. The van der Waals surface area contributed by atoms with E-state index in [4.69, 9.17) is 20.8 Å². The van der Waals surface area contributed by atoms with Gasteiger partial charge in [0.15, 0.2) is 6.61 Å². The summed E-state index contributed by atoms with van der Waals surface area (Å²) in [5.74, 6) is 0.745. The number of nitrogens with one attached hydrogen (secondary N) is 1. The first-order chi connectivity index (χ1) is 10.1. The smallest absolute Gasteiger partial charge is 0.277 e. The van der Waals surface area contributed by atoms with Crippen molar-refractivity contribution in [2.45, 2.75) is 6.92 Å². The zero-order valence-corrected chi connectivity index (χ0v) is 13.4. The summed E-state index contributed by atoms with van der Waals surface area (Å²) in [7, 11) is 0. The number of aryl methyl sites for hydroxylation is 1. The Bertz CT molecular complexity index is 670. The maximum Gasteiger partial charge on any atom is 0.277 e. The molecular weight excluding hydrogens is 360 g/mol. The average molecular weight is 372 g/mol. The van der Waals surface area contributed by atoms with Gasteiger partial charge in [-0.05, 0) is 52.7 Å². The zero-order valence-electron chi connectivity index (χ0n) is 11.1. The average Bonchev–Trinajstić information content (AvgIpc) is 2.83. The van der Waals surface area contributed by atoms with Gasteiger partial charge in [0.05, 0.1) is 17.0 Å². The van der Waals surface area contributed by atoms with Gasteiger partial charge in [-0.25, -0.2) is 5.43 Å². The summed E-state index contributed by atoms with van der Waals surface area (Å²) in [6.45, 7) is 1.72. The quantitative estimate of drug-likeness (QED) is 0.646. The highest BCUT2D eigenvalue weighted by Crippen LogP contribution is 2.27. The second kappa shape index (κ2) is 7.28. The van der Waals surface area contributed by atoms with Gasteiger partial charge in [-0.15, -0.1) is 0 Å². The fourth-order valence-corrected chi connectivity index (χ4v) is 2.24. The lowest BCUT2D eigenvalue weighted by Crippen LogP contribution is -2.24. The number of hydrazone groups is 1. The number of hydrogen-bond donors (Lipinski definition) is 1. The molecule has 0 spiro atoms. The van der Waals surface area contributed by atoms with E-state index in [-0.39, 0.29) is 12.5 Å². The van der Waals surface area contributed by atoms with E-state index < -0.39 is 0 Å². The third-order valence-corrected chi connectivity index (χ3v) is 3.38. The number of benzene rings is 1. The van der Waals surface area contributed by atoms with Crippen LogP contribution in [-0.2, 0) is 4.79 Å². The molecule has 0 saturated carbocycles. The first kappa shape index (κ1) is 15.6. The van der Waals surface area contributed by atoms with Crippen LogP contribution in [0.25, 0.3) is 0 Å². The summed E-state index contributed by atoms with van der Waals surface area (Å²) in [5.41, 5.74) is 3.29. The predicted molar refractivity (Wildman–Crippen MR) is 83.8 cm³/mol. The van der Waals surface area contributed by atoms with Crippen LogP contribution in [0, 0.1) is 6.92 Å². The van der Waals surface area contributed by atoms with Gasteiger partial charge in [0.2, 0.25) is 0 Å². The number of carbonyl (C=O) groups excluding carboxylic acids is 1. The van der Waals surface area contributed by atoms with Crippen LogP contribution in [0.5, 0.6) is 5.75 Å². The molecule has 1 heterocycles. The first-order valence-electron chi connectivity index (χ1n) is 6.00. The Kier molecular flexibility index (Phi) is 5.41. The highest BCUT2D eigenvalue weighted by Gasteiger charge is 2.05. The fourth-order valence-electron chi connectivity index (χ4n) is 1.45. The van der Waals surface area contributed by atoms with Gasteiger partial charge < -0.3 is 9.15 Å². The number of rotatable bonds is 5. The van der Waals surface area contributed by atoms with E-state index in [9.17, 15) is 4.79 Å². The SMILES string of the molecule is Cc1ccoc1/C=N\NC(=O)COc1ccc(Cl)cc1Br. The molecule has 0 unspecified atom stereocenters. The molecule has 1 aromatic carbocycles. The largest absolute Gasteiger partial charge is 0.483 e. The summed E-state index contributed by atoms with van der Waals surface area (Å²) in [4.78, 5) is 11.6. The molecule has 1 aromatic heterocycles. The Morgan fingerprint density at radius 2 is 2.33 bits per heavy atom. The third-order valence-electron chi connectivity index (χ3n) is 2.53. The second-order valence-corrected chi connectivity index (χ2v) is 5.42. The summed E-state index contributed by atoms with van der Waals surface area (Å²) in [6.07, 6.45) is 2.99. The van der Waals surface area contributed by atoms with Crippen LogP contribution < -0.4 is 10.2 Å². The van der Waals surface area contributed by atoms with Gasteiger partial charge in [-0.2, -0.15) is 5.10 Å². The fraction of sp³-hybridized carbons (Fsp3) is 0.143. The number of carbonyl (C=O) groups is 1. The van der Waals surface area contributed by atoms with Crippen molar-refractivity contribution in [2.75, 3.05) is 6.61 Å². The van der Waals surface area contributed by atoms with Crippen LogP contribution in [0.2, 0.25) is 5.02 Å². The van der Waals surface area contributed by atoms with E-state index in [1.165, 1.54) is 6.21 Å². The lowest BCUT2D eigenvalue weighted by molar-refractivity contribution is -0.123. The number of furan rings is 1. The van der Waals surface area contributed by atoms with Crippen molar-refractivity contribution >= 4 is 39.7 Å². The van der Waals surface area contributed by atoms with Crippen LogP contribution in [0.1, 0.15) is 11.3 Å². The molecule has 2 aromatic rings. The van der Waals surface area contributed by atoms with Crippen LogP contribution in [0.3, 0.4) is 0 Å². The minimum Gasteiger partial charge on any atom is -0.483 e. The lowest BCUT2D eigenvalue weighted by atomic mass is 10.3. The van der Waals surface area contributed by atoms with Crippen molar-refractivity contribution < 1.29 is 13.9 Å². The van der Waals surface area contributed by atoms with Gasteiger partial charge in [0.1, 0.15) is 11.5 Å². The summed E-state index contributed by atoms with van der Waals surface area (Å²) in [5, 5.41) is 4.37. The topological polar surface area (TPSA) is 63.8 Å². The number of hydrogen-bond acceptors (Lipinski definition) is 4. The molecule has 0 aliphatic heterocycles. The van der Waals surface area contributed by atoms with E-state index >= 15 is 0 Å². The van der Waals surface area contributed by atoms with Gasteiger partial charge >= 0.3 is 0 Å². The maximum atomic E-state index is 11.6. The van der Waals surface area contributed by atoms with Crippen LogP contribution in [0.15, 0.2) is 44.5 Å². The summed E-state index contributed by atoms with van der Waals surface area (Å²) >= 11 is 9.12. The van der Waals surface area contributed by atoms with Gasteiger partial charge in [0, 0.05) is 5.02 Å². The zero-order chi connectivity index (χ0) is 15.2. The Morgan fingerprint density at radius 1 is 1.52 bits per heavy atom. The van der Waals surface area contributed by atoms with Crippen molar-refractivity contribution in [3.63, 3.8) is 0 Å². The van der Waals surface area contributed by atoms with Crippen molar-refractivity contribution in [1.82, 2.24) is 5.43 Å². The molecule has 1 N–H and O–H groups in total. The summed E-state index contributed by atoms with van der Waals surface area (Å²) < 4.78 is 11.2. The first-order valence-corrected chi connectivity index (χ1v) is 7.17. The molecule has 0 aliphatic rings. The van der Waals surface area contributed by atoms with Gasteiger partial charge in [0.25, 0.3) is 5.91 Å². The standard InChI is InChI=1S/C14H12BrClN2O3/c1-9-4-5-20-13(9)7-17-18-14(19)8-21-12-3-2-10(16)6-11(12)15/h2-7H,8H2,1H3,(H,18,19)/b17-7-. The maximum absolute atomic E-state index is 11.6. The molecule has 5 nitrogen and oxygen atoms in total. The highest BCUT2D eigenvalue weighted by atomic mass is 79.9. The van der Waals surface area contributed by atoms with E-state index in [1.807, 2.05) is 13.0 Å². The minimum atomic E-state index is -0.377. The number of nitrogens with zero attached hydrogens (tertiary/aromatic N) is 1.